The summed E-state index contributed by atoms with van der Waals surface area (Å²) in [6.07, 6.45) is -0.954. The molecule has 0 saturated carbocycles. The summed E-state index contributed by atoms with van der Waals surface area (Å²) in [5.41, 5.74) is 13.4. The first-order valence-electron chi connectivity index (χ1n) is 8.66. The van der Waals surface area contributed by atoms with Crippen molar-refractivity contribution in [3.63, 3.8) is 0 Å². The van der Waals surface area contributed by atoms with E-state index in [1.54, 1.807) is 18.3 Å². The third-order valence-electron chi connectivity index (χ3n) is 3.90. The van der Waals surface area contributed by atoms with Gasteiger partial charge in [0.05, 0.1) is 18.8 Å². The molecule has 0 aliphatic heterocycles. The average molecular weight is 407 g/mol. The molecule has 29 heavy (non-hydrogen) atoms. The van der Waals surface area contributed by atoms with E-state index in [1.807, 2.05) is 0 Å². The molecule has 9 nitrogen and oxygen atoms in total. The van der Waals surface area contributed by atoms with Crippen molar-refractivity contribution in [3.05, 3.63) is 24.4 Å². The van der Waals surface area contributed by atoms with E-state index in [1.165, 1.54) is 24.4 Å². The number of nitrogen functional groups attached to an aromatic ring is 1. The van der Waals surface area contributed by atoms with Crippen LogP contribution in [0.25, 0.3) is 16.8 Å². The lowest BCUT2D eigenvalue weighted by Gasteiger charge is -2.15. The lowest BCUT2D eigenvalue weighted by atomic mass is 10.1. The van der Waals surface area contributed by atoms with E-state index in [2.05, 4.69) is 30.8 Å². The smallest absolute Gasteiger partial charge is 0.255 e. The van der Waals surface area contributed by atoms with Gasteiger partial charge in [0.2, 0.25) is 5.95 Å². The maximum atomic E-state index is 13.7. The summed E-state index contributed by atoms with van der Waals surface area (Å²) in [5, 5.41) is 12.8. The van der Waals surface area contributed by atoms with Gasteiger partial charge in [0.1, 0.15) is 16.9 Å². The number of rotatable bonds is 8. The SMILES string of the molecule is CC(C)(F)CNc1nc(N)c2c(-c3ccc(N=N)c(NCC(F)F)n3)ccn2n1. The van der Waals surface area contributed by atoms with E-state index in [-0.39, 0.29) is 29.8 Å². The van der Waals surface area contributed by atoms with Crippen LogP contribution in [0.1, 0.15) is 13.8 Å². The Bertz CT molecular complexity index is 1030. The predicted octanol–water partition coefficient (Wildman–Crippen LogP) is 3.87. The maximum absolute atomic E-state index is 13.7. The summed E-state index contributed by atoms with van der Waals surface area (Å²) in [5.74, 6) is 0.357. The number of alkyl halides is 3. The second kappa shape index (κ2) is 7.89. The maximum Gasteiger partial charge on any atom is 0.255 e. The highest BCUT2D eigenvalue weighted by Gasteiger charge is 2.18. The minimum Gasteiger partial charge on any atom is -0.382 e. The first-order chi connectivity index (χ1) is 13.7. The molecular weight excluding hydrogens is 387 g/mol. The Morgan fingerprint density at radius 2 is 2.00 bits per heavy atom. The van der Waals surface area contributed by atoms with E-state index in [9.17, 15) is 13.2 Å². The number of pyridine rings is 1. The Kier molecular flexibility index (Phi) is 5.52. The lowest BCUT2D eigenvalue weighted by Crippen LogP contribution is -2.25. The van der Waals surface area contributed by atoms with Gasteiger partial charge in [0.15, 0.2) is 11.6 Å². The Labute approximate surface area is 164 Å². The van der Waals surface area contributed by atoms with Crippen LogP contribution in [-0.2, 0) is 0 Å². The molecule has 0 bridgehead atoms. The lowest BCUT2D eigenvalue weighted by molar-refractivity contribution is 0.163. The number of nitrogens with one attached hydrogen (secondary N) is 3. The van der Waals surface area contributed by atoms with Crippen molar-refractivity contribution >= 4 is 28.8 Å². The molecule has 0 aliphatic carbocycles. The van der Waals surface area contributed by atoms with Crippen molar-refractivity contribution in [1.29, 1.82) is 5.53 Å². The Morgan fingerprint density at radius 3 is 2.66 bits per heavy atom. The van der Waals surface area contributed by atoms with Gasteiger partial charge in [0.25, 0.3) is 6.43 Å². The van der Waals surface area contributed by atoms with Crippen LogP contribution < -0.4 is 16.4 Å². The number of nitrogens with two attached hydrogens (primary N) is 1. The van der Waals surface area contributed by atoms with E-state index in [4.69, 9.17) is 11.3 Å². The standard InChI is InChI=1S/C17H20F3N9/c1-17(2,20)8-24-16-26-14(21)13-9(5-6-29(13)28-16)10-3-4-11(27-22)15(25-10)23-7-12(18)19/h3-6,12,22H,7-8H2,1-2H3,(H,23,25)(H3,21,24,26,28). The van der Waals surface area contributed by atoms with Gasteiger partial charge in [-0.3, -0.25) is 0 Å². The Balaban J connectivity index is 1.98. The quantitative estimate of drug-likeness (QED) is 0.420. The molecule has 3 aromatic rings. The Morgan fingerprint density at radius 1 is 1.24 bits per heavy atom. The van der Waals surface area contributed by atoms with Crippen molar-refractivity contribution in [1.82, 2.24) is 19.6 Å². The van der Waals surface area contributed by atoms with Crippen LogP contribution in [0.3, 0.4) is 0 Å². The van der Waals surface area contributed by atoms with Crippen molar-refractivity contribution < 1.29 is 13.2 Å². The number of halogens is 3. The number of anilines is 3. The molecule has 3 heterocycles. The molecular formula is C17H20F3N9. The number of hydrogen-bond donors (Lipinski definition) is 4. The van der Waals surface area contributed by atoms with Gasteiger partial charge in [-0.15, -0.1) is 5.10 Å². The molecule has 12 heteroatoms. The van der Waals surface area contributed by atoms with Crippen LogP contribution >= 0.6 is 0 Å². The molecule has 0 fully saturated rings. The minimum atomic E-state index is -2.58. The second-order valence-electron chi connectivity index (χ2n) is 6.86. The van der Waals surface area contributed by atoms with Gasteiger partial charge < -0.3 is 16.4 Å². The van der Waals surface area contributed by atoms with E-state index in [0.717, 1.165) is 0 Å². The van der Waals surface area contributed by atoms with E-state index < -0.39 is 18.6 Å². The van der Waals surface area contributed by atoms with Crippen molar-refractivity contribution in [2.45, 2.75) is 25.9 Å². The molecule has 5 N–H and O–H groups in total. The molecule has 0 saturated heterocycles. The molecule has 0 spiro atoms. The third kappa shape index (κ3) is 4.70. The summed E-state index contributed by atoms with van der Waals surface area (Å²) in [6.45, 7) is 2.23. The fourth-order valence-corrected chi connectivity index (χ4v) is 2.62. The van der Waals surface area contributed by atoms with Gasteiger partial charge in [-0.1, -0.05) is 0 Å². The van der Waals surface area contributed by atoms with Gasteiger partial charge in [0, 0.05) is 11.8 Å². The number of aromatic nitrogens is 4. The fourth-order valence-electron chi connectivity index (χ4n) is 2.62. The molecule has 0 aromatic carbocycles. The average Bonchev–Trinajstić information content (AvgIpc) is 3.08. The third-order valence-corrected chi connectivity index (χ3v) is 3.90. The summed E-state index contributed by atoms with van der Waals surface area (Å²) >= 11 is 0. The van der Waals surface area contributed by atoms with Crippen molar-refractivity contribution in [2.24, 2.45) is 5.11 Å². The minimum absolute atomic E-state index is 0.00484. The zero-order valence-electron chi connectivity index (χ0n) is 15.7. The summed E-state index contributed by atoms with van der Waals surface area (Å²) in [7, 11) is 0. The van der Waals surface area contributed by atoms with Crippen LogP contribution in [0, 0.1) is 5.53 Å². The Hall–Kier alpha value is -3.44. The topological polar surface area (TPSA) is 129 Å². The highest BCUT2D eigenvalue weighted by molar-refractivity contribution is 5.87. The molecule has 0 unspecified atom stereocenters. The summed E-state index contributed by atoms with van der Waals surface area (Å²) in [6, 6.07) is 4.77. The van der Waals surface area contributed by atoms with Crippen LogP contribution in [-0.4, -0.2) is 44.8 Å². The molecule has 0 amide bonds. The molecule has 0 aliphatic rings. The number of hydrogen-bond acceptors (Lipinski definition) is 8. The van der Waals surface area contributed by atoms with Crippen molar-refractivity contribution in [2.75, 3.05) is 29.5 Å². The largest absolute Gasteiger partial charge is 0.382 e. The van der Waals surface area contributed by atoms with Crippen LogP contribution in [0.4, 0.5) is 36.4 Å². The second-order valence-corrected chi connectivity index (χ2v) is 6.86. The van der Waals surface area contributed by atoms with E-state index in [0.29, 0.717) is 16.8 Å². The van der Waals surface area contributed by atoms with Crippen LogP contribution in [0.5, 0.6) is 0 Å². The zero-order chi connectivity index (χ0) is 21.2. The fraction of sp³-hybridized carbons (Fsp3) is 0.353. The molecule has 0 radical (unpaired) electrons. The molecule has 3 aromatic heterocycles. The molecule has 154 valence electrons. The van der Waals surface area contributed by atoms with Crippen LogP contribution in [0.2, 0.25) is 0 Å². The monoisotopic (exact) mass is 407 g/mol. The van der Waals surface area contributed by atoms with Crippen LogP contribution in [0.15, 0.2) is 29.5 Å². The van der Waals surface area contributed by atoms with Gasteiger partial charge in [-0.2, -0.15) is 10.1 Å². The summed E-state index contributed by atoms with van der Waals surface area (Å²) < 4.78 is 40.2. The van der Waals surface area contributed by atoms with Gasteiger partial charge in [-0.05, 0) is 32.0 Å². The highest BCUT2D eigenvalue weighted by atomic mass is 19.3. The normalized spacial score (nSPS) is 11.8. The van der Waals surface area contributed by atoms with E-state index >= 15 is 0 Å². The zero-order valence-corrected chi connectivity index (χ0v) is 15.7. The van der Waals surface area contributed by atoms with Gasteiger partial charge in [-0.25, -0.2) is 28.2 Å². The highest BCUT2D eigenvalue weighted by Crippen LogP contribution is 2.32. The number of nitrogens with zero attached hydrogens (tertiary/aromatic N) is 5. The molecule has 3 rings (SSSR count). The summed E-state index contributed by atoms with van der Waals surface area (Å²) in [4.78, 5) is 8.45. The first kappa shape index (κ1) is 20.3. The predicted molar refractivity (Wildman–Crippen MR) is 104 cm³/mol. The molecule has 0 atom stereocenters. The number of fused-ring (bicyclic) bond motifs is 1. The van der Waals surface area contributed by atoms with Crippen molar-refractivity contribution in [3.8, 4) is 11.3 Å². The van der Waals surface area contributed by atoms with Gasteiger partial charge >= 0.3 is 0 Å². The first-order valence-corrected chi connectivity index (χ1v) is 8.66.